The van der Waals surface area contributed by atoms with E-state index in [1.54, 1.807) is 7.11 Å². The molecule has 0 saturated carbocycles. The van der Waals surface area contributed by atoms with E-state index < -0.39 is 0 Å². The van der Waals surface area contributed by atoms with E-state index in [4.69, 9.17) is 10.5 Å². The Bertz CT molecular complexity index is 493. The van der Waals surface area contributed by atoms with Gasteiger partial charge in [0.2, 0.25) is 0 Å². The molecule has 0 atom stereocenters. The second-order valence-electron chi connectivity index (χ2n) is 3.71. The summed E-state index contributed by atoms with van der Waals surface area (Å²) in [6.45, 7) is 0.726. The van der Waals surface area contributed by atoms with E-state index in [1.807, 2.05) is 12.3 Å². The maximum atomic E-state index is 5.53. The monoisotopic (exact) mass is 282 g/mol. The average molecular weight is 283 g/mol. The average Bonchev–Trinajstić information content (AvgIpc) is 2.71. The van der Waals surface area contributed by atoms with Gasteiger partial charge in [0.15, 0.2) is 0 Å². The highest BCUT2D eigenvalue weighted by molar-refractivity contribution is 9.10. The van der Waals surface area contributed by atoms with E-state index in [1.165, 1.54) is 10.9 Å². The van der Waals surface area contributed by atoms with Crippen molar-refractivity contribution in [2.24, 2.45) is 5.73 Å². The molecule has 0 spiro atoms. The molecule has 3 nitrogen and oxygen atoms in total. The lowest BCUT2D eigenvalue weighted by molar-refractivity contribution is 0.413. The molecule has 86 valence electrons. The lowest BCUT2D eigenvalue weighted by Crippen LogP contribution is -1.99. The number of nitrogens with two attached hydrogens (primary N) is 1. The van der Waals surface area contributed by atoms with Gasteiger partial charge >= 0.3 is 0 Å². The molecule has 0 fully saturated rings. The van der Waals surface area contributed by atoms with Gasteiger partial charge in [-0.25, -0.2) is 0 Å². The Hall–Kier alpha value is -1.00. The molecule has 1 aromatic heterocycles. The largest absolute Gasteiger partial charge is 0.495 e. The predicted octanol–water partition coefficient (Wildman–Crippen LogP) is 2.83. The highest BCUT2D eigenvalue weighted by Gasteiger charge is 2.09. The summed E-state index contributed by atoms with van der Waals surface area (Å²) in [7, 11) is 1.67. The fraction of sp³-hybridized carbons (Fsp3) is 0.333. The summed E-state index contributed by atoms with van der Waals surface area (Å²) >= 11 is 3.54. The number of rotatable bonds is 4. The van der Waals surface area contributed by atoms with Gasteiger partial charge in [0.1, 0.15) is 5.75 Å². The third-order valence-electron chi connectivity index (χ3n) is 2.71. The molecule has 0 radical (unpaired) electrons. The second-order valence-corrected chi connectivity index (χ2v) is 4.50. The Kier molecular flexibility index (Phi) is 3.51. The molecule has 0 aliphatic heterocycles. The van der Waals surface area contributed by atoms with Crippen molar-refractivity contribution in [3.8, 4) is 5.75 Å². The molecule has 0 bridgehead atoms. The number of aromatic amines is 1. The number of ether oxygens (including phenoxy) is 1. The minimum absolute atomic E-state index is 0.726. The highest BCUT2D eigenvalue weighted by Crippen LogP contribution is 2.33. The molecule has 3 N–H and O–H groups in total. The zero-order chi connectivity index (χ0) is 11.5. The Morgan fingerprint density at radius 2 is 2.25 bits per heavy atom. The van der Waals surface area contributed by atoms with Gasteiger partial charge in [-0.1, -0.05) is 0 Å². The van der Waals surface area contributed by atoms with Crippen molar-refractivity contribution in [1.82, 2.24) is 4.98 Å². The number of aromatic nitrogens is 1. The molecule has 16 heavy (non-hydrogen) atoms. The Morgan fingerprint density at radius 1 is 1.44 bits per heavy atom. The summed E-state index contributed by atoms with van der Waals surface area (Å²) in [5, 5.41) is 1.24. The fourth-order valence-corrected chi connectivity index (χ4v) is 2.48. The fourth-order valence-electron chi connectivity index (χ4n) is 1.86. The number of H-pyrrole nitrogens is 1. The number of fused-ring (bicyclic) bond motifs is 1. The number of hydrogen-bond acceptors (Lipinski definition) is 2. The number of nitrogens with one attached hydrogen (secondary N) is 1. The molecule has 0 aliphatic carbocycles. The van der Waals surface area contributed by atoms with E-state index in [0.29, 0.717) is 0 Å². The molecule has 0 amide bonds. The quantitative estimate of drug-likeness (QED) is 0.906. The highest BCUT2D eigenvalue weighted by atomic mass is 79.9. The van der Waals surface area contributed by atoms with Gasteiger partial charge < -0.3 is 15.5 Å². The van der Waals surface area contributed by atoms with Gasteiger partial charge in [0, 0.05) is 11.6 Å². The Morgan fingerprint density at radius 3 is 2.94 bits per heavy atom. The first-order valence-electron chi connectivity index (χ1n) is 5.30. The van der Waals surface area contributed by atoms with Crippen LogP contribution in [0.15, 0.2) is 22.8 Å². The van der Waals surface area contributed by atoms with E-state index in [0.717, 1.165) is 35.1 Å². The first kappa shape index (κ1) is 11.5. The van der Waals surface area contributed by atoms with Crippen LogP contribution in [-0.2, 0) is 6.42 Å². The van der Waals surface area contributed by atoms with Crippen LogP contribution < -0.4 is 10.5 Å². The number of hydrogen-bond donors (Lipinski definition) is 2. The molecular weight excluding hydrogens is 268 g/mol. The van der Waals surface area contributed by atoms with Gasteiger partial charge in [0.05, 0.1) is 17.1 Å². The van der Waals surface area contributed by atoms with Crippen LogP contribution >= 0.6 is 15.9 Å². The molecule has 2 rings (SSSR count). The van der Waals surface area contributed by atoms with Gasteiger partial charge in [-0.05, 0) is 53.0 Å². The Balaban J connectivity index is 2.45. The van der Waals surface area contributed by atoms with E-state index in [-0.39, 0.29) is 0 Å². The van der Waals surface area contributed by atoms with Crippen LogP contribution in [0.1, 0.15) is 12.0 Å². The van der Waals surface area contributed by atoms with Crippen LogP contribution in [0, 0.1) is 0 Å². The summed E-state index contributed by atoms with van der Waals surface area (Å²) in [5.41, 5.74) is 7.92. The number of benzene rings is 1. The number of methoxy groups -OCH3 is 1. The standard InChI is InChI=1S/C12H15BrN2O/c1-16-10-5-4-9-8(3-2-6-14)7-15-12(9)11(10)13/h4-5,7,15H,2-3,6,14H2,1H3. The van der Waals surface area contributed by atoms with Crippen LogP contribution in [0.2, 0.25) is 0 Å². The predicted molar refractivity (Wildman–Crippen MR) is 69.9 cm³/mol. The van der Waals surface area contributed by atoms with Gasteiger partial charge in [0.25, 0.3) is 0 Å². The number of aryl methyl sites for hydroxylation is 1. The van der Waals surface area contributed by atoms with Gasteiger partial charge in [-0.3, -0.25) is 0 Å². The smallest absolute Gasteiger partial charge is 0.135 e. The summed E-state index contributed by atoms with van der Waals surface area (Å²) in [6.07, 6.45) is 4.07. The van der Waals surface area contributed by atoms with Gasteiger partial charge in [-0.2, -0.15) is 0 Å². The second kappa shape index (κ2) is 4.89. The van der Waals surface area contributed by atoms with Crippen LogP contribution in [0.4, 0.5) is 0 Å². The molecule has 0 unspecified atom stereocenters. The lowest BCUT2D eigenvalue weighted by Gasteiger charge is -2.04. The van der Waals surface area contributed by atoms with E-state index in [2.05, 4.69) is 27.0 Å². The zero-order valence-corrected chi connectivity index (χ0v) is 10.8. The van der Waals surface area contributed by atoms with Crippen molar-refractivity contribution in [2.45, 2.75) is 12.8 Å². The van der Waals surface area contributed by atoms with Crippen LogP contribution in [0.25, 0.3) is 10.9 Å². The normalized spacial score (nSPS) is 10.9. The summed E-state index contributed by atoms with van der Waals surface area (Å²) in [4.78, 5) is 3.27. The molecular formula is C12H15BrN2O. The summed E-state index contributed by atoms with van der Waals surface area (Å²) in [6, 6.07) is 4.06. The molecule has 4 heteroatoms. The van der Waals surface area contributed by atoms with Crippen LogP contribution in [-0.4, -0.2) is 18.6 Å². The van der Waals surface area contributed by atoms with Crippen molar-refractivity contribution in [3.63, 3.8) is 0 Å². The van der Waals surface area contributed by atoms with Crippen molar-refractivity contribution >= 4 is 26.8 Å². The topological polar surface area (TPSA) is 51.0 Å². The molecule has 0 aliphatic rings. The van der Waals surface area contributed by atoms with Crippen LogP contribution in [0.3, 0.4) is 0 Å². The molecule has 1 heterocycles. The molecule has 2 aromatic rings. The lowest BCUT2D eigenvalue weighted by atomic mass is 10.1. The number of halogens is 1. The first-order chi connectivity index (χ1) is 7.77. The third-order valence-corrected chi connectivity index (χ3v) is 3.50. The molecule has 0 saturated heterocycles. The zero-order valence-electron chi connectivity index (χ0n) is 9.22. The summed E-state index contributed by atoms with van der Waals surface area (Å²) in [5.74, 6) is 0.847. The van der Waals surface area contributed by atoms with E-state index >= 15 is 0 Å². The maximum absolute atomic E-state index is 5.53. The third kappa shape index (κ3) is 1.95. The van der Waals surface area contributed by atoms with Crippen molar-refractivity contribution in [3.05, 3.63) is 28.4 Å². The first-order valence-corrected chi connectivity index (χ1v) is 6.09. The molecule has 1 aromatic carbocycles. The van der Waals surface area contributed by atoms with E-state index in [9.17, 15) is 0 Å². The Labute approximate surface area is 103 Å². The van der Waals surface area contributed by atoms with Crippen molar-refractivity contribution in [1.29, 1.82) is 0 Å². The maximum Gasteiger partial charge on any atom is 0.135 e. The van der Waals surface area contributed by atoms with Crippen molar-refractivity contribution < 1.29 is 4.74 Å². The summed E-state index contributed by atoms with van der Waals surface area (Å²) < 4.78 is 6.23. The SMILES string of the molecule is COc1ccc2c(CCCN)c[nH]c2c1Br. The minimum atomic E-state index is 0.726. The van der Waals surface area contributed by atoms with Crippen LogP contribution in [0.5, 0.6) is 5.75 Å². The minimum Gasteiger partial charge on any atom is -0.495 e. The van der Waals surface area contributed by atoms with Gasteiger partial charge in [-0.15, -0.1) is 0 Å². The van der Waals surface area contributed by atoms with Crippen molar-refractivity contribution in [2.75, 3.05) is 13.7 Å².